The van der Waals surface area contributed by atoms with Crippen LogP contribution in [0.2, 0.25) is 10.0 Å². The van der Waals surface area contributed by atoms with Crippen molar-refractivity contribution in [2.75, 3.05) is 0 Å². The highest BCUT2D eigenvalue weighted by atomic mass is 35.5. The molecule has 0 heterocycles. The van der Waals surface area contributed by atoms with Gasteiger partial charge in [0, 0.05) is 28.4 Å². The third-order valence-corrected chi connectivity index (χ3v) is 4.29. The predicted molar refractivity (Wildman–Crippen MR) is 75.1 cm³/mol. The van der Waals surface area contributed by atoms with Crippen molar-refractivity contribution in [1.29, 1.82) is 0 Å². The van der Waals surface area contributed by atoms with Gasteiger partial charge in [-0.1, -0.05) is 35.7 Å². The molecule has 1 aromatic carbocycles. The van der Waals surface area contributed by atoms with Crippen molar-refractivity contribution in [2.24, 2.45) is 11.7 Å². The van der Waals surface area contributed by atoms with Crippen molar-refractivity contribution < 1.29 is 4.79 Å². The molecule has 2 nitrogen and oxygen atoms in total. The van der Waals surface area contributed by atoms with Crippen molar-refractivity contribution in [2.45, 2.75) is 38.1 Å². The van der Waals surface area contributed by atoms with Gasteiger partial charge in [-0.05, 0) is 37.0 Å². The van der Waals surface area contributed by atoms with Crippen LogP contribution in [0.25, 0.3) is 0 Å². The first-order chi connectivity index (χ1) is 8.58. The smallest absolute Gasteiger partial charge is 0.140 e. The van der Waals surface area contributed by atoms with E-state index in [0.29, 0.717) is 16.5 Å². The van der Waals surface area contributed by atoms with Crippen molar-refractivity contribution in [3.8, 4) is 0 Å². The average Bonchev–Trinajstić information content (AvgIpc) is 2.34. The number of hydrogen-bond donors (Lipinski definition) is 1. The second-order valence-corrected chi connectivity index (χ2v) is 5.78. The zero-order valence-corrected chi connectivity index (χ0v) is 11.7. The molecule has 18 heavy (non-hydrogen) atoms. The minimum atomic E-state index is 0.0705. The van der Waals surface area contributed by atoms with Crippen LogP contribution in [-0.2, 0) is 11.2 Å². The van der Waals surface area contributed by atoms with Gasteiger partial charge in [-0.3, -0.25) is 4.79 Å². The topological polar surface area (TPSA) is 43.1 Å². The van der Waals surface area contributed by atoms with Gasteiger partial charge in [0.15, 0.2) is 0 Å². The molecular weight excluding hydrogens is 269 g/mol. The summed E-state index contributed by atoms with van der Waals surface area (Å²) < 4.78 is 0. The van der Waals surface area contributed by atoms with Gasteiger partial charge in [0.1, 0.15) is 5.78 Å². The van der Waals surface area contributed by atoms with E-state index in [1.807, 2.05) is 0 Å². The number of nitrogens with two attached hydrogens (primary N) is 1. The highest BCUT2D eigenvalue weighted by molar-refractivity contribution is 6.36. The van der Waals surface area contributed by atoms with Crippen LogP contribution in [0.1, 0.15) is 31.2 Å². The van der Waals surface area contributed by atoms with Crippen LogP contribution in [0, 0.1) is 5.92 Å². The minimum absolute atomic E-state index is 0.0705. The lowest BCUT2D eigenvalue weighted by molar-refractivity contribution is -0.123. The van der Waals surface area contributed by atoms with Gasteiger partial charge in [0.25, 0.3) is 0 Å². The summed E-state index contributed by atoms with van der Waals surface area (Å²) in [5.41, 5.74) is 6.65. The third kappa shape index (κ3) is 3.25. The summed E-state index contributed by atoms with van der Waals surface area (Å²) in [4.78, 5) is 12.2. The molecule has 4 heteroatoms. The van der Waals surface area contributed by atoms with Gasteiger partial charge in [-0.15, -0.1) is 0 Å². The molecule has 2 atom stereocenters. The Hall–Kier alpha value is -0.570. The van der Waals surface area contributed by atoms with Gasteiger partial charge >= 0.3 is 0 Å². The molecule has 0 amide bonds. The number of halogens is 2. The Balaban J connectivity index is 2.07. The molecule has 0 saturated heterocycles. The van der Waals surface area contributed by atoms with Gasteiger partial charge < -0.3 is 5.73 Å². The Labute approximate surface area is 117 Å². The molecule has 1 fully saturated rings. The van der Waals surface area contributed by atoms with Crippen LogP contribution < -0.4 is 5.73 Å². The number of hydrogen-bond acceptors (Lipinski definition) is 2. The molecular formula is C14H17Cl2NO. The maximum atomic E-state index is 12.2. The van der Waals surface area contributed by atoms with E-state index in [4.69, 9.17) is 28.9 Å². The number of rotatable bonds is 3. The van der Waals surface area contributed by atoms with E-state index in [9.17, 15) is 4.79 Å². The highest BCUT2D eigenvalue weighted by Gasteiger charge is 2.26. The Morgan fingerprint density at radius 3 is 2.56 bits per heavy atom. The summed E-state index contributed by atoms with van der Waals surface area (Å²) >= 11 is 12.2. The van der Waals surface area contributed by atoms with E-state index >= 15 is 0 Å². The lowest BCUT2D eigenvalue weighted by Crippen LogP contribution is -2.32. The first-order valence-electron chi connectivity index (χ1n) is 6.29. The quantitative estimate of drug-likeness (QED) is 0.922. The van der Waals surface area contributed by atoms with Gasteiger partial charge in [0.05, 0.1) is 0 Å². The zero-order valence-electron chi connectivity index (χ0n) is 10.2. The predicted octanol–water partition coefficient (Wildman–Crippen LogP) is 3.62. The SMILES string of the molecule is NC1CCCC(C(=O)Cc2c(Cl)cccc2Cl)C1. The maximum Gasteiger partial charge on any atom is 0.140 e. The molecule has 1 saturated carbocycles. The summed E-state index contributed by atoms with van der Waals surface area (Å²) in [6.45, 7) is 0. The summed E-state index contributed by atoms with van der Waals surface area (Å²) in [7, 11) is 0. The molecule has 1 aliphatic carbocycles. The second-order valence-electron chi connectivity index (χ2n) is 4.97. The van der Waals surface area contributed by atoms with Crippen molar-refractivity contribution in [1.82, 2.24) is 0 Å². The molecule has 0 aromatic heterocycles. The lowest BCUT2D eigenvalue weighted by Gasteiger charge is -2.25. The minimum Gasteiger partial charge on any atom is -0.328 e. The van der Waals surface area contributed by atoms with Crippen LogP contribution >= 0.6 is 23.2 Å². The first-order valence-corrected chi connectivity index (χ1v) is 7.04. The normalized spacial score (nSPS) is 23.9. The Morgan fingerprint density at radius 1 is 1.28 bits per heavy atom. The van der Waals surface area contributed by atoms with Crippen LogP contribution in [0.5, 0.6) is 0 Å². The highest BCUT2D eigenvalue weighted by Crippen LogP contribution is 2.29. The molecule has 0 aliphatic heterocycles. The molecule has 0 spiro atoms. The fourth-order valence-electron chi connectivity index (χ4n) is 2.54. The summed E-state index contributed by atoms with van der Waals surface area (Å²) in [6, 6.07) is 5.48. The van der Waals surface area contributed by atoms with Crippen LogP contribution in [0.15, 0.2) is 18.2 Å². The molecule has 2 unspecified atom stereocenters. The molecule has 0 radical (unpaired) electrons. The van der Waals surface area contributed by atoms with E-state index in [2.05, 4.69) is 0 Å². The Bertz CT molecular complexity index is 427. The Kier molecular flexibility index (Phi) is 4.66. The summed E-state index contributed by atoms with van der Waals surface area (Å²) in [5, 5.41) is 1.13. The number of Topliss-reactive ketones (excluding diaryl/α,β-unsaturated/α-hetero) is 1. The molecule has 2 N–H and O–H groups in total. The number of ketones is 1. The largest absolute Gasteiger partial charge is 0.328 e. The maximum absolute atomic E-state index is 12.2. The van der Waals surface area contributed by atoms with Crippen LogP contribution in [0.3, 0.4) is 0 Å². The van der Waals surface area contributed by atoms with Gasteiger partial charge in [0.2, 0.25) is 0 Å². The van der Waals surface area contributed by atoms with E-state index in [1.165, 1.54) is 0 Å². The molecule has 2 rings (SSSR count). The number of carbonyl (C=O) groups excluding carboxylic acids is 1. The fraction of sp³-hybridized carbons (Fsp3) is 0.500. The fourth-order valence-corrected chi connectivity index (χ4v) is 3.07. The van der Waals surface area contributed by atoms with Gasteiger partial charge in [-0.25, -0.2) is 0 Å². The second kappa shape index (κ2) is 6.05. The molecule has 1 aromatic rings. The van der Waals surface area contributed by atoms with Crippen molar-refractivity contribution in [3.63, 3.8) is 0 Å². The van der Waals surface area contributed by atoms with E-state index in [0.717, 1.165) is 31.2 Å². The van der Waals surface area contributed by atoms with Crippen molar-refractivity contribution >= 4 is 29.0 Å². The van der Waals surface area contributed by atoms with Crippen LogP contribution in [-0.4, -0.2) is 11.8 Å². The summed E-state index contributed by atoms with van der Waals surface area (Å²) in [6.07, 6.45) is 4.11. The van der Waals surface area contributed by atoms with Crippen LogP contribution in [0.4, 0.5) is 0 Å². The standard InChI is InChI=1S/C14H17Cl2NO/c15-12-5-2-6-13(16)11(12)8-14(18)9-3-1-4-10(17)7-9/h2,5-6,9-10H,1,3-4,7-8,17H2. The monoisotopic (exact) mass is 285 g/mol. The molecule has 1 aliphatic rings. The third-order valence-electron chi connectivity index (χ3n) is 3.58. The molecule has 0 bridgehead atoms. The lowest BCUT2D eigenvalue weighted by atomic mass is 9.82. The Morgan fingerprint density at radius 2 is 1.94 bits per heavy atom. The van der Waals surface area contributed by atoms with E-state index in [1.54, 1.807) is 18.2 Å². The molecule has 98 valence electrons. The number of carbonyl (C=O) groups is 1. The van der Waals surface area contributed by atoms with E-state index in [-0.39, 0.29) is 17.7 Å². The number of benzene rings is 1. The van der Waals surface area contributed by atoms with Crippen molar-refractivity contribution in [3.05, 3.63) is 33.8 Å². The average molecular weight is 286 g/mol. The zero-order chi connectivity index (χ0) is 13.1. The van der Waals surface area contributed by atoms with Gasteiger partial charge in [-0.2, -0.15) is 0 Å². The van der Waals surface area contributed by atoms with E-state index < -0.39 is 0 Å². The first kappa shape index (κ1) is 13.9. The summed E-state index contributed by atoms with van der Waals surface area (Å²) in [5.74, 6) is 0.279.